The molecule has 3 aromatic carbocycles. The zero-order valence-electron chi connectivity index (χ0n) is 25.5. The summed E-state index contributed by atoms with van der Waals surface area (Å²) in [5, 5.41) is 33.1. The Bertz CT molecular complexity index is 1430. The number of ether oxygens (including phenoxy) is 1. The molecule has 0 spiro atoms. The maximum Gasteiger partial charge on any atom is 0.251 e. The van der Waals surface area contributed by atoms with E-state index in [1.165, 1.54) is 37.0 Å². The van der Waals surface area contributed by atoms with Crippen LogP contribution in [0.4, 0.5) is 0 Å². The number of carbonyl (C=O) groups is 1. The molecular weight excluding hydrogens is 558 g/mol. The number of rotatable bonds is 14. The second kappa shape index (κ2) is 15.2. The zero-order chi connectivity index (χ0) is 30.8. The second-order valence-corrected chi connectivity index (χ2v) is 12.9. The van der Waals surface area contributed by atoms with Gasteiger partial charge in [-0.15, -0.1) is 10.2 Å². The number of hydrogen-bond donors (Lipinski definition) is 3. The smallest absolute Gasteiger partial charge is 0.251 e. The fourth-order valence-corrected chi connectivity index (χ4v) is 5.54. The largest absolute Gasteiger partial charge is 0.494 e. The van der Waals surface area contributed by atoms with Crippen molar-refractivity contribution in [1.82, 2.24) is 15.5 Å². The lowest BCUT2D eigenvalue weighted by atomic mass is 9.86. The normalized spacial score (nSPS) is 12.3. The lowest BCUT2D eigenvalue weighted by Gasteiger charge is -2.22. The van der Waals surface area contributed by atoms with Gasteiger partial charge in [-0.3, -0.25) is 4.79 Å². The minimum atomic E-state index is -1.70. The predicted octanol–water partition coefficient (Wildman–Crippen LogP) is 7.17. The Morgan fingerprint density at radius 1 is 0.837 bits per heavy atom. The summed E-state index contributed by atoms with van der Waals surface area (Å²) in [6, 6.07) is 22.2. The average molecular weight is 602 g/mol. The number of aliphatic hydroxyl groups is 2. The van der Waals surface area contributed by atoms with Crippen molar-refractivity contribution in [2.24, 2.45) is 0 Å². The van der Waals surface area contributed by atoms with Gasteiger partial charge in [0.2, 0.25) is 0 Å². The number of hydrogen-bond acceptors (Lipinski definition) is 7. The van der Waals surface area contributed by atoms with Crippen LogP contribution in [0, 0.1) is 0 Å². The van der Waals surface area contributed by atoms with Crippen LogP contribution in [0.25, 0.3) is 21.1 Å². The van der Waals surface area contributed by atoms with E-state index in [1.807, 2.05) is 60.7 Å². The van der Waals surface area contributed by atoms with Crippen LogP contribution in [0.3, 0.4) is 0 Å². The molecule has 0 saturated heterocycles. The van der Waals surface area contributed by atoms with E-state index in [2.05, 4.69) is 43.2 Å². The Labute approximate surface area is 259 Å². The Hall–Kier alpha value is -3.59. The molecule has 1 atom stereocenters. The van der Waals surface area contributed by atoms with Crippen LogP contribution in [0.1, 0.15) is 81.3 Å². The maximum atomic E-state index is 12.8. The fraction of sp³-hybridized carbons (Fsp3) is 0.400. The summed E-state index contributed by atoms with van der Waals surface area (Å²) in [5.41, 5.74) is 4.34. The molecule has 1 amide bonds. The summed E-state index contributed by atoms with van der Waals surface area (Å²) in [6.45, 7) is 9.29. The highest BCUT2D eigenvalue weighted by atomic mass is 32.1. The molecule has 0 unspecified atom stereocenters. The van der Waals surface area contributed by atoms with Crippen molar-refractivity contribution in [3.8, 4) is 26.9 Å². The monoisotopic (exact) mass is 601 g/mol. The lowest BCUT2D eigenvalue weighted by Crippen LogP contribution is -2.44. The summed E-state index contributed by atoms with van der Waals surface area (Å²) in [5.74, 6) is 0.513. The Kier molecular flexibility index (Phi) is 11.4. The summed E-state index contributed by atoms with van der Waals surface area (Å²) in [7, 11) is 0. The fourth-order valence-electron chi connectivity index (χ4n) is 4.69. The third-order valence-electron chi connectivity index (χ3n) is 7.39. The highest BCUT2D eigenvalue weighted by Crippen LogP contribution is 2.31. The average Bonchev–Trinajstić information content (AvgIpc) is 3.49. The molecule has 8 heteroatoms. The van der Waals surface area contributed by atoms with Crippen LogP contribution in [0.5, 0.6) is 5.75 Å². The van der Waals surface area contributed by atoms with Gasteiger partial charge < -0.3 is 20.3 Å². The van der Waals surface area contributed by atoms with Crippen LogP contribution in [-0.4, -0.2) is 45.3 Å². The number of aromatic nitrogens is 2. The molecule has 0 saturated carbocycles. The minimum absolute atomic E-state index is 0.0189. The van der Waals surface area contributed by atoms with E-state index in [1.54, 1.807) is 12.1 Å². The van der Waals surface area contributed by atoms with Crippen molar-refractivity contribution in [2.75, 3.05) is 6.61 Å². The maximum absolute atomic E-state index is 12.8. The third kappa shape index (κ3) is 9.45. The molecule has 7 nitrogen and oxygen atoms in total. The summed E-state index contributed by atoms with van der Waals surface area (Å²) < 4.78 is 5.88. The van der Waals surface area contributed by atoms with Gasteiger partial charge in [0.15, 0.2) is 6.29 Å². The number of benzene rings is 3. The van der Waals surface area contributed by atoms with Crippen molar-refractivity contribution >= 4 is 17.2 Å². The van der Waals surface area contributed by atoms with Gasteiger partial charge in [-0.25, -0.2) is 0 Å². The van der Waals surface area contributed by atoms with Crippen LogP contribution >= 0.6 is 11.3 Å². The van der Waals surface area contributed by atoms with E-state index < -0.39 is 12.3 Å². The van der Waals surface area contributed by atoms with Crippen LogP contribution < -0.4 is 10.1 Å². The Morgan fingerprint density at radius 3 is 1.98 bits per heavy atom. The van der Waals surface area contributed by atoms with Crippen molar-refractivity contribution in [3.05, 3.63) is 89.5 Å². The van der Waals surface area contributed by atoms with Gasteiger partial charge in [0.25, 0.3) is 5.91 Å². The third-order valence-corrected chi connectivity index (χ3v) is 8.41. The number of unbranched alkanes of at least 4 members (excludes halogenated alkanes) is 4. The number of aliphatic hydroxyl groups excluding tert-OH is 1. The molecule has 0 aliphatic carbocycles. The van der Waals surface area contributed by atoms with Crippen molar-refractivity contribution in [3.63, 3.8) is 0 Å². The van der Waals surface area contributed by atoms with Crippen molar-refractivity contribution in [2.45, 2.75) is 84.0 Å². The van der Waals surface area contributed by atoms with Gasteiger partial charge >= 0.3 is 0 Å². The Balaban J connectivity index is 1.33. The molecule has 0 aliphatic heterocycles. The molecule has 0 aliphatic rings. The molecule has 3 N–H and O–H groups in total. The van der Waals surface area contributed by atoms with Gasteiger partial charge in [0.1, 0.15) is 15.8 Å². The molecule has 228 valence electrons. The van der Waals surface area contributed by atoms with Gasteiger partial charge in [0.05, 0.1) is 12.6 Å². The summed E-state index contributed by atoms with van der Waals surface area (Å²) >= 11 is 1.51. The molecule has 0 radical (unpaired) electrons. The van der Waals surface area contributed by atoms with Gasteiger partial charge in [-0.2, -0.15) is 0 Å². The highest BCUT2D eigenvalue weighted by Gasteiger charge is 2.21. The number of carbonyl (C=O) groups excluding carboxylic acids is 1. The summed E-state index contributed by atoms with van der Waals surface area (Å²) in [4.78, 5) is 12.8. The van der Waals surface area contributed by atoms with Gasteiger partial charge in [-0.1, -0.05) is 101 Å². The Morgan fingerprint density at radius 2 is 1.42 bits per heavy atom. The van der Waals surface area contributed by atoms with Gasteiger partial charge in [0, 0.05) is 16.7 Å². The molecular formula is C35H43N3O4S. The minimum Gasteiger partial charge on any atom is -0.494 e. The lowest BCUT2D eigenvalue weighted by molar-refractivity contribution is -0.0647. The molecule has 4 rings (SSSR count). The molecule has 1 aromatic heterocycles. The van der Waals surface area contributed by atoms with Crippen molar-refractivity contribution < 1.29 is 19.7 Å². The zero-order valence-corrected chi connectivity index (χ0v) is 26.4. The first-order chi connectivity index (χ1) is 20.6. The number of nitrogens with zero attached hydrogens (tertiary/aromatic N) is 2. The SMILES string of the molecule is CCCCCCCOc1ccc(-c2nnc(-c3ccc(C[C@H](NC(=O)c4ccc(C(C)(C)C)cc4)C(O)O)cc3)s2)cc1. The van der Waals surface area contributed by atoms with Crippen LogP contribution in [0.15, 0.2) is 72.8 Å². The number of amides is 1. The standard InChI is InChI=1S/C35H43N3O4S/c1-5-6-7-8-9-22-42-29-20-16-27(17-21-29)33-38-37-32(43-33)26-12-10-24(11-13-26)23-30(34(40)41)36-31(39)25-14-18-28(19-15-25)35(2,3)4/h10-21,30,34,40-41H,5-9,22-23H2,1-4H3,(H,36,39)/t30-/m0/s1. The van der Waals surface area contributed by atoms with E-state index in [9.17, 15) is 15.0 Å². The predicted molar refractivity (Wildman–Crippen MR) is 173 cm³/mol. The van der Waals surface area contributed by atoms with E-state index in [4.69, 9.17) is 4.74 Å². The number of nitrogens with one attached hydrogen (secondary N) is 1. The molecule has 43 heavy (non-hydrogen) atoms. The highest BCUT2D eigenvalue weighted by molar-refractivity contribution is 7.17. The first-order valence-electron chi connectivity index (χ1n) is 15.1. The van der Waals surface area contributed by atoms with Gasteiger partial charge in [-0.05, 0) is 65.8 Å². The molecule has 0 fully saturated rings. The van der Waals surface area contributed by atoms with Crippen molar-refractivity contribution in [1.29, 1.82) is 0 Å². The quantitative estimate of drug-likeness (QED) is 0.105. The summed E-state index contributed by atoms with van der Waals surface area (Å²) in [6.07, 6.45) is 4.62. The van der Waals surface area contributed by atoms with E-state index >= 15 is 0 Å². The van der Waals surface area contributed by atoms with E-state index in [-0.39, 0.29) is 17.7 Å². The van der Waals surface area contributed by atoms with E-state index in [0.717, 1.165) is 51.0 Å². The molecule has 4 aromatic rings. The molecule has 0 bridgehead atoms. The van der Waals surface area contributed by atoms with E-state index in [0.29, 0.717) is 5.56 Å². The topological polar surface area (TPSA) is 105 Å². The first-order valence-corrected chi connectivity index (χ1v) is 15.9. The first kappa shape index (κ1) is 32.3. The van der Waals surface area contributed by atoms with Crippen LogP contribution in [-0.2, 0) is 11.8 Å². The van der Waals surface area contributed by atoms with Crippen LogP contribution in [0.2, 0.25) is 0 Å². The second-order valence-electron chi connectivity index (χ2n) is 11.9. The molecule has 1 heterocycles.